The van der Waals surface area contributed by atoms with Crippen LogP contribution in [-0.2, 0) is 13.1 Å². The molecular weight excluding hydrogens is 162 g/mol. The Labute approximate surface area is 79.9 Å². The van der Waals surface area contributed by atoms with Gasteiger partial charge in [0.05, 0.1) is 5.69 Å². The van der Waals surface area contributed by atoms with E-state index < -0.39 is 0 Å². The molecule has 0 fully saturated rings. The van der Waals surface area contributed by atoms with E-state index in [1.807, 2.05) is 16.9 Å². The van der Waals surface area contributed by atoms with Crippen molar-refractivity contribution >= 4 is 0 Å². The Hall–Kier alpha value is -0.830. The molecule has 0 radical (unpaired) electrons. The molecule has 0 aromatic carbocycles. The molecule has 13 heavy (non-hydrogen) atoms. The number of rotatable bonds is 3. The Morgan fingerprint density at radius 3 is 2.69 bits per heavy atom. The topological polar surface area (TPSA) is 43.8 Å². The molecular formula is C10H19N3. The van der Waals surface area contributed by atoms with Crippen molar-refractivity contribution in [2.75, 3.05) is 0 Å². The second-order valence-corrected chi connectivity index (χ2v) is 4.56. The Balaban J connectivity index is 2.54. The van der Waals surface area contributed by atoms with Gasteiger partial charge in [-0.15, -0.1) is 0 Å². The van der Waals surface area contributed by atoms with Crippen molar-refractivity contribution in [3.05, 3.63) is 18.0 Å². The first-order valence-corrected chi connectivity index (χ1v) is 4.74. The van der Waals surface area contributed by atoms with Gasteiger partial charge in [-0.25, -0.2) is 0 Å². The normalized spacial score (nSPS) is 12.0. The first-order chi connectivity index (χ1) is 6.03. The summed E-state index contributed by atoms with van der Waals surface area (Å²) in [5.74, 6) is 0. The van der Waals surface area contributed by atoms with E-state index in [1.54, 1.807) is 0 Å². The molecule has 0 saturated heterocycles. The van der Waals surface area contributed by atoms with Crippen molar-refractivity contribution < 1.29 is 0 Å². The molecule has 2 N–H and O–H groups in total. The number of aromatic nitrogens is 2. The van der Waals surface area contributed by atoms with Gasteiger partial charge in [-0.05, 0) is 17.9 Å². The average molecular weight is 181 g/mol. The molecule has 3 nitrogen and oxygen atoms in total. The van der Waals surface area contributed by atoms with Gasteiger partial charge in [0.25, 0.3) is 0 Å². The van der Waals surface area contributed by atoms with Crippen LogP contribution in [0.15, 0.2) is 12.3 Å². The molecule has 0 bridgehead atoms. The predicted octanol–water partition coefficient (Wildman–Crippen LogP) is 1.78. The van der Waals surface area contributed by atoms with Crippen molar-refractivity contribution in [1.82, 2.24) is 9.78 Å². The van der Waals surface area contributed by atoms with Crippen molar-refractivity contribution in [3.63, 3.8) is 0 Å². The van der Waals surface area contributed by atoms with E-state index in [9.17, 15) is 0 Å². The van der Waals surface area contributed by atoms with E-state index in [2.05, 4.69) is 25.9 Å². The highest BCUT2D eigenvalue weighted by Gasteiger charge is 2.10. The van der Waals surface area contributed by atoms with Gasteiger partial charge in [-0.1, -0.05) is 20.8 Å². The molecule has 0 unspecified atom stereocenters. The van der Waals surface area contributed by atoms with Gasteiger partial charge >= 0.3 is 0 Å². The van der Waals surface area contributed by atoms with Gasteiger partial charge in [-0.2, -0.15) is 5.10 Å². The lowest BCUT2D eigenvalue weighted by atomic mass is 9.92. The monoisotopic (exact) mass is 181 g/mol. The van der Waals surface area contributed by atoms with Gasteiger partial charge in [0.15, 0.2) is 0 Å². The third kappa shape index (κ3) is 3.19. The van der Waals surface area contributed by atoms with Gasteiger partial charge in [0.2, 0.25) is 0 Å². The molecule has 74 valence electrons. The highest BCUT2D eigenvalue weighted by Crippen LogP contribution is 2.19. The first kappa shape index (κ1) is 10.3. The van der Waals surface area contributed by atoms with Crippen LogP contribution in [0.4, 0.5) is 0 Å². The van der Waals surface area contributed by atoms with Crippen LogP contribution in [0.25, 0.3) is 0 Å². The number of hydrogen-bond donors (Lipinski definition) is 1. The molecule has 0 atom stereocenters. The molecule has 1 aromatic heterocycles. The van der Waals surface area contributed by atoms with E-state index in [-0.39, 0.29) is 0 Å². The molecule has 1 rings (SSSR count). The molecule has 0 spiro atoms. The fourth-order valence-corrected chi connectivity index (χ4v) is 1.18. The maximum atomic E-state index is 5.57. The summed E-state index contributed by atoms with van der Waals surface area (Å²) < 4.78 is 1.99. The number of hydrogen-bond acceptors (Lipinski definition) is 2. The minimum absolute atomic E-state index is 0.359. The minimum atomic E-state index is 0.359. The third-order valence-corrected chi connectivity index (χ3v) is 2.09. The van der Waals surface area contributed by atoms with Crippen molar-refractivity contribution in [2.24, 2.45) is 11.1 Å². The Bertz CT molecular complexity index is 257. The van der Waals surface area contributed by atoms with Crippen molar-refractivity contribution in [2.45, 2.75) is 40.3 Å². The summed E-state index contributed by atoms with van der Waals surface area (Å²) >= 11 is 0. The number of aryl methyl sites for hydroxylation is 1. The lowest BCUT2D eigenvalue weighted by Crippen LogP contribution is -2.14. The van der Waals surface area contributed by atoms with Crippen LogP contribution in [0.3, 0.4) is 0 Å². The molecule has 0 aliphatic carbocycles. The van der Waals surface area contributed by atoms with Crippen molar-refractivity contribution in [1.29, 1.82) is 0 Å². The van der Waals surface area contributed by atoms with Crippen LogP contribution in [0.2, 0.25) is 0 Å². The smallest absolute Gasteiger partial charge is 0.0519 e. The predicted molar refractivity (Wildman–Crippen MR) is 54.2 cm³/mol. The standard InChI is InChI=1S/C10H19N3/c1-10(2,3)5-7-13-9(8-11)4-6-12-13/h4,6H,5,7-8,11H2,1-3H3. The summed E-state index contributed by atoms with van der Waals surface area (Å²) in [5.41, 5.74) is 7.05. The summed E-state index contributed by atoms with van der Waals surface area (Å²) in [5, 5.41) is 4.23. The van der Waals surface area contributed by atoms with Crippen LogP contribution >= 0.6 is 0 Å². The van der Waals surface area contributed by atoms with Crippen molar-refractivity contribution in [3.8, 4) is 0 Å². The maximum Gasteiger partial charge on any atom is 0.0519 e. The van der Waals surface area contributed by atoms with Gasteiger partial charge < -0.3 is 5.73 Å². The molecule has 0 aliphatic heterocycles. The summed E-state index contributed by atoms with van der Waals surface area (Å²) in [6, 6.07) is 1.97. The largest absolute Gasteiger partial charge is 0.325 e. The van der Waals surface area contributed by atoms with Gasteiger partial charge in [0, 0.05) is 19.3 Å². The van der Waals surface area contributed by atoms with E-state index in [4.69, 9.17) is 5.73 Å². The summed E-state index contributed by atoms with van der Waals surface area (Å²) in [6.07, 6.45) is 2.94. The Morgan fingerprint density at radius 2 is 2.15 bits per heavy atom. The highest BCUT2D eigenvalue weighted by atomic mass is 15.3. The Morgan fingerprint density at radius 1 is 1.46 bits per heavy atom. The van der Waals surface area contributed by atoms with Crippen LogP contribution in [0, 0.1) is 5.41 Å². The third-order valence-electron chi connectivity index (χ3n) is 2.09. The fraction of sp³-hybridized carbons (Fsp3) is 0.700. The summed E-state index contributed by atoms with van der Waals surface area (Å²) in [7, 11) is 0. The van der Waals surface area contributed by atoms with E-state index in [0.717, 1.165) is 18.7 Å². The lowest BCUT2D eigenvalue weighted by Gasteiger charge is -2.18. The molecule has 0 amide bonds. The molecule has 1 heterocycles. The fourth-order valence-electron chi connectivity index (χ4n) is 1.18. The zero-order chi connectivity index (χ0) is 9.90. The lowest BCUT2D eigenvalue weighted by molar-refractivity contribution is 0.338. The SMILES string of the molecule is CC(C)(C)CCn1nccc1CN. The van der Waals surface area contributed by atoms with Crippen LogP contribution in [-0.4, -0.2) is 9.78 Å². The Kier molecular flexibility index (Phi) is 3.09. The quantitative estimate of drug-likeness (QED) is 0.772. The number of nitrogens with zero attached hydrogens (tertiary/aromatic N) is 2. The molecule has 1 aromatic rings. The number of nitrogens with two attached hydrogens (primary N) is 1. The molecule has 0 aliphatic rings. The van der Waals surface area contributed by atoms with E-state index >= 15 is 0 Å². The van der Waals surface area contributed by atoms with Gasteiger partial charge in [0.1, 0.15) is 0 Å². The summed E-state index contributed by atoms with van der Waals surface area (Å²) in [4.78, 5) is 0. The molecule has 3 heteroatoms. The van der Waals surface area contributed by atoms with Gasteiger partial charge in [-0.3, -0.25) is 4.68 Å². The zero-order valence-electron chi connectivity index (χ0n) is 8.75. The van der Waals surface area contributed by atoms with Crippen LogP contribution < -0.4 is 5.73 Å². The summed E-state index contributed by atoms with van der Waals surface area (Å²) in [6.45, 7) is 8.24. The van der Waals surface area contributed by atoms with Crippen LogP contribution in [0.5, 0.6) is 0 Å². The average Bonchev–Trinajstić information content (AvgIpc) is 2.46. The molecule has 0 saturated carbocycles. The highest BCUT2D eigenvalue weighted by molar-refractivity contribution is 4.99. The maximum absolute atomic E-state index is 5.57. The second kappa shape index (κ2) is 3.92. The van der Waals surface area contributed by atoms with E-state index in [1.165, 1.54) is 0 Å². The van der Waals surface area contributed by atoms with E-state index in [0.29, 0.717) is 12.0 Å². The zero-order valence-corrected chi connectivity index (χ0v) is 8.75. The second-order valence-electron chi connectivity index (χ2n) is 4.56. The minimum Gasteiger partial charge on any atom is -0.325 e. The first-order valence-electron chi connectivity index (χ1n) is 4.74. The van der Waals surface area contributed by atoms with Crippen LogP contribution in [0.1, 0.15) is 32.9 Å².